The molecule has 1 heterocycles. The molecule has 0 unspecified atom stereocenters. The molecule has 1 fully saturated rings. The maximum Gasteiger partial charge on any atom is 0.226 e. The molecule has 1 aliphatic rings. The molecule has 1 saturated carbocycles. The van der Waals surface area contributed by atoms with Crippen LogP contribution in [0.3, 0.4) is 0 Å². The first-order chi connectivity index (χ1) is 8.13. The summed E-state index contributed by atoms with van der Waals surface area (Å²) in [6.45, 7) is 4.68. The van der Waals surface area contributed by atoms with Crippen LogP contribution in [0.15, 0.2) is 12.1 Å². The van der Waals surface area contributed by atoms with Gasteiger partial charge in [0.1, 0.15) is 5.82 Å². The molecule has 0 aromatic carbocycles. The molecule has 1 aromatic rings. The van der Waals surface area contributed by atoms with Crippen LogP contribution < -0.4 is 10.6 Å². The Morgan fingerprint density at radius 3 is 2.82 bits per heavy atom. The topological polar surface area (TPSA) is 54.0 Å². The fraction of sp³-hybridized carbons (Fsp3) is 0.538. The highest BCUT2D eigenvalue weighted by atomic mass is 16.1. The first-order valence-corrected chi connectivity index (χ1v) is 6.12. The Morgan fingerprint density at radius 1 is 1.41 bits per heavy atom. The summed E-state index contributed by atoms with van der Waals surface area (Å²) in [7, 11) is 0. The van der Waals surface area contributed by atoms with Gasteiger partial charge in [0.15, 0.2) is 0 Å². The van der Waals surface area contributed by atoms with E-state index in [-0.39, 0.29) is 5.91 Å². The number of carbonyl (C=O) groups is 1. The van der Waals surface area contributed by atoms with E-state index in [0.29, 0.717) is 18.3 Å². The molecule has 0 radical (unpaired) electrons. The lowest BCUT2D eigenvalue weighted by Gasteiger charge is -2.07. The largest absolute Gasteiger partial charge is 0.313 e. The summed E-state index contributed by atoms with van der Waals surface area (Å²) in [5, 5.41) is 6.14. The van der Waals surface area contributed by atoms with Crippen molar-refractivity contribution in [3.8, 4) is 0 Å². The highest BCUT2D eigenvalue weighted by molar-refractivity contribution is 5.89. The first kappa shape index (κ1) is 12.0. The van der Waals surface area contributed by atoms with E-state index in [4.69, 9.17) is 0 Å². The highest BCUT2D eigenvalue weighted by Crippen LogP contribution is 2.18. The minimum atomic E-state index is 0.0238. The Hall–Kier alpha value is -1.42. The molecule has 1 amide bonds. The van der Waals surface area contributed by atoms with Crippen LogP contribution in [0.4, 0.5) is 5.82 Å². The van der Waals surface area contributed by atoms with Crippen LogP contribution in [0, 0.1) is 13.8 Å². The zero-order valence-electron chi connectivity index (χ0n) is 10.4. The molecule has 1 aliphatic carbocycles. The predicted molar refractivity (Wildman–Crippen MR) is 68.0 cm³/mol. The SMILES string of the molecule is Cc1cc(C)nc(NC(=O)CCNC2CC2)c1. The van der Waals surface area contributed by atoms with Gasteiger partial charge in [0.05, 0.1) is 0 Å². The monoisotopic (exact) mass is 233 g/mol. The second-order valence-electron chi connectivity index (χ2n) is 4.70. The van der Waals surface area contributed by atoms with Crippen LogP contribution in [0.2, 0.25) is 0 Å². The van der Waals surface area contributed by atoms with Crippen LogP contribution in [-0.2, 0) is 4.79 Å². The Kier molecular flexibility index (Phi) is 3.74. The number of nitrogens with one attached hydrogen (secondary N) is 2. The van der Waals surface area contributed by atoms with Gasteiger partial charge < -0.3 is 10.6 Å². The second-order valence-corrected chi connectivity index (χ2v) is 4.70. The lowest BCUT2D eigenvalue weighted by Crippen LogP contribution is -2.23. The number of rotatable bonds is 5. The normalized spacial score (nSPS) is 14.7. The Bertz CT molecular complexity index is 393. The number of anilines is 1. The third-order valence-electron chi connectivity index (χ3n) is 2.73. The van der Waals surface area contributed by atoms with E-state index in [1.807, 2.05) is 26.0 Å². The molecule has 0 bridgehead atoms. The fourth-order valence-electron chi connectivity index (χ4n) is 1.79. The number of aryl methyl sites for hydroxylation is 2. The standard InChI is InChI=1S/C13H19N3O/c1-9-7-10(2)15-12(8-9)16-13(17)5-6-14-11-3-4-11/h7-8,11,14H,3-6H2,1-2H3,(H,15,16,17). The third-order valence-corrected chi connectivity index (χ3v) is 2.73. The molecule has 0 saturated heterocycles. The average Bonchev–Trinajstić information content (AvgIpc) is 2.99. The van der Waals surface area contributed by atoms with Gasteiger partial charge in [-0.2, -0.15) is 0 Å². The number of aromatic nitrogens is 1. The molecule has 0 spiro atoms. The number of hydrogen-bond donors (Lipinski definition) is 2. The van der Waals surface area contributed by atoms with E-state index in [9.17, 15) is 4.79 Å². The van der Waals surface area contributed by atoms with Crippen LogP contribution in [0.5, 0.6) is 0 Å². The zero-order valence-corrected chi connectivity index (χ0v) is 10.4. The Morgan fingerprint density at radius 2 is 2.18 bits per heavy atom. The molecular formula is C13H19N3O. The van der Waals surface area contributed by atoms with Crippen molar-refractivity contribution in [2.45, 2.75) is 39.2 Å². The lowest BCUT2D eigenvalue weighted by atomic mass is 10.2. The summed E-state index contributed by atoms with van der Waals surface area (Å²) in [5.41, 5.74) is 2.04. The second kappa shape index (κ2) is 5.27. The lowest BCUT2D eigenvalue weighted by molar-refractivity contribution is -0.116. The molecular weight excluding hydrogens is 214 g/mol. The number of hydrogen-bond acceptors (Lipinski definition) is 3. The molecule has 0 atom stereocenters. The van der Waals surface area contributed by atoms with E-state index >= 15 is 0 Å². The summed E-state index contributed by atoms with van der Waals surface area (Å²) in [5.74, 6) is 0.676. The van der Waals surface area contributed by atoms with E-state index in [1.165, 1.54) is 12.8 Å². The van der Waals surface area contributed by atoms with Gasteiger partial charge in [-0.25, -0.2) is 4.98 Å². The molecule has 0 aliphatic heterocycles. The number of carbonyl (C=O) groups excluding carboxylic acids is 1. The molecule has 92 valence electrons. The van der Waals surface area contributed by atoms with Crippen molar-refractivity contribution in [2.75, 3.05) is 11.9 Å². The highest BCUT2D eigenvalue weighted by Gasteiger charge is 2.20. The summed E-state index contributed by atoms with van der Waals surface area (Å²) in [6, 6.07) is 4.53. The maximum atomic E-state index is 11.6. The van der Waals surface area contributed by atoms with Crippen LogP contribution >= 0.6 is 0 Å². The number of nitrogens with zero attached hydrogens (tertiary/aromatic N) is 1. The van der Waals surface area contributed by atoms with Gasteiger partial charge in [-0.05, 0) is 44.4 Å². The van der Waals surface area contributed by atoms with Crippen LogP contribution in [0.1, 0.15) is 30.5 Å². The van der Waals surface area contributed by atoms with E-state index in [1.54, 1.807) is 0 Å². The molecule has 2 rings (SSSR count). The quantitative estimate of drug-likeness (QED) is 0.815. The van der Waals surface area contributed by atoms with Crippen molar-refractivity contribution in [1.82, 2.24) is 10.3 Å². The van der Waals surface area contributed by atoms with E-state index in [2.05, 4.69) is 15.6 Å². The third kappa shape index (κ3) is 4.15. The smallest absolute Gasteiger partial charge is 0.226 e. The van der Waals surface area contributed by atoms with Crippen molar-refractivity contribution < 1.29 is 4.79 Å². The van der Waals surface area contributed by atoms with E-state index < -0.39 is 0 Å². The van der Waals surface area contributed by atoms with Gasteiger partial charge in [0.25, 0.3) is 0 Å². The fourth-order valence-corrected chi connectivity index (χ4v) is 1.79. The molecule has 4 heteroatoms. The van der Waals surface area contributed by atoms with Gasteiger partial charge >= 0.3 is 0 Å². The predicted octanol–water partition coefficient (Wildman–Crippen LogP) is 1.78. The van der Waals surface area contributed by atoms with Gasteiger partial charge in [-0.15, -0.1) is 0 Å². The molecule has 2 N–H and O–H groups in total. The van der Waals surface area contributed by atoms with Gasteiger partial charge in [-0.3, -0.25) is 4.79 Å². The minimum absolute atomic E-state index is 0.0238. The van der Waals surface area contributed by atoms with Crippen molar-refractivity contribution in [1.29, 1.82) is 0 Å². The van der Waals surface area contributed by atoms with Crippen molar-refractivity contribution in [3.05, 3.63) is 23.4 Å². The summed E-state index contributed by atoms with van der Waals surface area (Å²) in [6.07, 6.45) is 3.01. The van der Waals surface area contributed by atoms with Crippen molar-refractivity contribution in [2.24, 2.45) is 0 Å². The van der Waals surface area contributed by atoms with Gasteiger partial charge in [0.2, 0.25) is 5.91 Å². The van der Waals surface area contributed by atoms with Crippen molar-refractivity contribution >= 4 is 11.7 Å². The van der Waals surface area contributed by atoms with E-state index in [0.717, 1.165) is 17.8 Å². The van der Waals surface area contributed by atoms with Gasteiger partial charge in [0, 0.05) is 24.7 Å². The molecule has 4 nitrogen and oxygen atoms in total. The van der Waals surface area contributed by atoms with Crippen LogP contribution in [-0.4, -0.2) is 23.5 Å². The van der Waals surface area contributed by atoms with Crippen molar-refractivity contribution in [3.63, 3.8) is 0 Å². The minimum Gasteiger partial charge on any atom is -0.313 e. The average molecular weight is 233 g/mol. The van der Waals surface area contributed by atoms with Crippen LogP contribution in [0.25, 0.3) is 0 Å². The Labute approximate surface area is 102 Å². The summed E-state index contributed by atoms with van der Waals surface area (Å²) >= 11 is 0. The summed E-state index contributed by atoms with van der Waals surface area (Å²) < 4.78 is 0. The summed E-state index contributed by atoms with van der Waals surface area (Å²) in [4.78, 5) is 15.9. The number of pyridine rings is 1. The maximum absolute atomic E-state index is 11.6. The van der Waals surface area contributed by atoms with Gasteiger partial charge in [-0.1, -0.05) is 0 Å². The zero-order chi connectivity index (χ0) is 12.3. The molecule has 17 heavy (non-hydrogen) atoms. The first-order valence-electron chi connectivity index (χ1n) is 6.12. The number of amides is 1. The Balaban J connectivity index is 1.79. The molecule has 1 aromatic heterocycles.